The Bertz CT molecular complexity index is 760. The second kappa shape index (κ2) is 10.3. The first-order valence-electron chi connectivity index (χ1n) is 9.20. The fourth-order valence-corrected chi connectivity index (χ4v) is 2.82. The van der Waals surface area contributed by atoms with E-state index in [1.165, 1.54) is 0 Å². The lowest BCUT2D eigenvalue weighted by Crippen LogP contribution is -2.22. The summed E-state index contributed by atoms with van der Waals surface area (Å²) in [6.45, 7) is 6.72. The van der Waals surface area contributed by atoms with Crippen LogP contribution in [0.25, 0.3) is 0 Å². The van der Waals surface area contributed by atoms with Crippen LogP contribution < -0.4 is 11.1 Å². The van der Waals surface area contributed by atoms with Gasteiger partial charge in [-0.2, -0.15) is 5.11 Å². The second-order valence-corrected chi connectivity index (χ2v) is 6.42. The number of benzene rings is 1. The second-order valence-electron chi connectivity index (χ2n) is 6.42. The highest BCUT2D eigenvalue weighted by Crippen LogP contribution is 2.26. The van der Waals surface area contributed by atoms with Crippen molar-refractivity contribution < 1.29 is 9.53 Å². The van der Waals surface area contributed by atoms with Crippen LogP contribution in [-0.2, 0) is 4.74 Å². The summed E-state index contributed by atoms with van der Waals surface area (Å²) in [6, 6.07) is 12.5. The van der Waals surface area contributed by atoms with E-state index in [1.54, 1.807) is 12.1 Å². The molecule has 0 bridgehead atoms. The lowest BCUT2D eigenvalue weighted by Gasteiger charge is -2.20. The topological polar surface area (TPSA) is 102 Å². The number of amides is 1. The van der Waals surface area contributed by atoms with Crippen LogP contribution in [-0.4, -0.2) is 17.7 Å². The van der Waals surface area contributed by atoms with Gasteiger partial charge in [-0.1, -0.05) is 51.8 Å². The van der Waals surface area contributed by atoms with Crippen LogP contribution in [0.15, 0.2) is 52.7 Å². The molecule has 0 aliphatic heterocycles. The van der Waals surface area contributed by atoms with Crippen molar-refractivity contribution >= 4 is 29.1 Å². The molecule has 1 aromatic heterocycles. The molecule has 3 N–H and O–H groups in total. The molecule has 2 rings (SSSR count). The molecule has 0 radical (unpaired) electrons. The van der Waals surface area contributed by atoms with Gasteiger partial charge in [-0.3, -0.25) is 5.32 Å². The van der Waals surface area contributed by atoms with Crippen LogP contribution in [0.4, 0.5) is 27.8 Å². The summed E-state index contributed by atoms with van der Waals surface area (Å²) in [6.07, 6.45) is 1.54. The fraction of sp³-hybridized carbons (Fsp3) is 0.400. The predicted molar refractivity (Wildman–Crippen MR) is 107 cm³/mol. The first kappa shape index (κ1) is 20.4. The van der Waals surface area contributed by atoms with E-state index in [4.69, 9.17) is 10.5 Å². The Labute approximate surface area is 160 Å². The van der Waals surface area contributed by atoms with Crippen molar-refractivity contribution in [3.63, 3.8) is 0 Å². The SMILES string of the molecule is CCC(CC)C(C)COC(=O)Nc1nc(N)ccc1N=Nc1ccccc1. The van der Waals surface area contributed by atoms with E-state index in [9.17, 15) is 4.79 Å². The monoisotopic (exact) mass is 369 g/mol. The Kier molecular flexibility index (Phi) is 7.73. The minimum atomic E-state index is -0.581. The molecule has 0 saturated heterocycles. The summed E-state index contributed by atoms with van der Waals surface area (Å²) < 4.78 is 5.35. The third kappa shape index (κ3) is 6.36. The summed E-state index contributed by atoms with van der Waals surface area (Å²) in [5, 5.41) is 10.9. The molecule has 7 nitrogen and oxygen atoms in total. The van der Waals surface area contributed by atoms with Crippen molar-refractivity contribution in [2.24, 2.45) is 22.1 Å². The average molecular weight is 369 g/mol. The molecule has 1 aromatic carbocycles. The number of anilines is 2. The van der Waals surface area contributed by atoms with Gasteiger partial charge in [-0.25, -0.2) is 9.78 Å². The highest BCUT2D eigenvalue weighted by atomic mass is 16.5. The van der Waals surface area contributed by atoms with Crippen LogP contribution in [0.1, 0.15) is 33.6 Å². The van der Waals surface area contributed by atoms with Gasteiger partial charge in [0.25, 0.3) is 0 Å². The minimum absolute atomic E-state index is 0.217. The van der Waals surface area contributed by atoms with E-state index in [1.807, 2.05) is 30.3 Å². The maximum atomic E-state index is 12.2. The number of nitrogens with one attached hydrogen (secondary N) is 1. The van der Waals surface area contributed by atoms with Gasteiger partial charge in [0.2, 0.25) is 0 Å². The number of azo groups is 1. The fourth-order valence-electron chi connectivity index (χ4n) is 2.82. The molecule has 7 heteroatoms. The maximum absolute atomic E-state index is 12.2. The zero-order valence-electron chi connectivity index (χ0n) is 16.1. The lowest BCUT2D eigenvalue weighted by atomic mass is 9.90. The van der Waals surface area contributed by atoms with Gasteiger partial charge in [-0.05, 0) is 36.1 Å². The zero-order chi connectivity index (χ0) is 19.6. The minimum Gasteiger partial charge on any atom is -0.449 e. The molecule has 0 aliphatic rings. The number of ether oxygens (including phenoxy) is 1. The smallest absolute Gasteiger partial charge is 0.412 e. The largest absolute Gasteiger partial charge is 0.449 e. The summed E-state index contributed by atoms with van der Waals surface area (Å²) >= 11 is 0. The van der Waals surface area contributed by atoms with Gasteiger partial charge in [0.05, 0.1) is 12.3 Å². The molecule has 0 fully saturated rings. The van der Waals surface area contributed by atoms with Crippen molar-refractivity contribution in [1.82, 2.24) is 4.98 Å². The number of hydrogen-bond acceptors (Lipinski definition) is 6. The Morgan fingerprint density at radius 2 is 1.85 bits per heavy atom. The number of aromatic nitrogens is 1. The molecule has 1 heterocycles. The van der Waals surface area contributed by atoms with E-state index < -0.39 is 6.09 Å². The molecule has 0 saturated carbocycles. The summed E-state index contributed by atoms with van der Waals surface area (Å²) in [5.41, 5.74) is 6.83. The van der Waals surface area contributed by atoms with Crippen LogP contribution in [0.3, 0.4) is 0 Å². The van der Waals surface area contributed by atoms with Gasteiger partial charge < -0.3 is 10.5 Å². The van der Waals surface area contributed by atoms with Crippen molar-refractivity contribution in [1.29, 1.82) is 0 Å². The van der Waals surface area contributed by atoms with E-state index in [0.717, 1.165) is 12.8 Å². The number of carbonyl (C=O) groups is 1. The van der Waals surface area contributed by atoms with Crippen molar-refractivity contribution in [3.8, 4) is 0 Å². The Hall–Kier alpha value is -2.96. The van der Waals surface area contributed by atoms with Crippen molar-refractivity contribution in [2.75, 3.05) is 17.7 Å². The molecular formula is C20H27N5O2. The number of hydrogen-bond donors (Lipinski definition) is 2. The van der Waals surface area contributed by atoms with E-state index in [-0.39, 0.29) is 17.6 Å². The number of nitrogens with two attached hydrogens (primary N) is 1. The zero-order valence-corrected chi connectivity index (χ0v) is 16.1. The van der Waals surface area contributed by atoms with Crippen molar-refractivity contribution in [2.45, 2.75) is 33.6 Å². The molecule has 27 heavy (non-hydrogen) atoms. The van der Waals surface area contributed by atoms with E-state index >= 15 is 0 Å². The lowest BCUT2D eigenvalue weighted by molar-refractivity contribution is 0.125. The molecule has 0 spiro atoms. The molecule has 1 atom stereocenters. The van der Waals surface area contributed by atoms with Gasteiger partial charge in [0.1, 0.15) is 11.5 Å². The van der Waals surface area contributed by atoms with Gasteiger partial charge in [0, 0.05) is 0 Å². The third-order valence-electron chi connectivity index (χ3n) is 4.48. The van der Waals surface area contributed by atoms with Gasteiger partial charge in [-0.15, -0.1) is 5.11 Å². The maximum Gasteiger partial charge on any atom is 0.412 e. The number of nitrogen functional groups attached to an aromatic ring is 1. The van der Waals surface area contributed by atoms with Gasteiger partial charge >= 0.3 is 6.09 Å². The van der Waals surface area contributed by atoms with Crippen LogP contribution >= 0.6 is 0 Å². The predicted octanol–water partition coefficient (Wildman–Crippen LogP) is 5.70. The normalized spacial score (nSPS) is 12.3. The molecular weight excluding hydrogens is 342 g/mol. The molecule has 1 unspecified atom stereocenters. The molecule has 0 aliphatic carbocycles. The highest BCUT2D eigenvalue weighted by molar-refractivity contribution is 5.87. The Morgan fingerprint density at radius 1 is 1.15 bits per heavy atom. The number of carbonyl (C=O) groups excluding carboxylic acids is 1. The summed E-state index contributed by atoms with van der Waals surface area (Å²) in [4.78, 5) is 16.3. The van der Waals surface area contributed by atoms with Crippen LogP contribution in [0.5, 0.6) is 0 Å². The quantitative estimate of drug-likeness (QED) is 0.583. The number of rotatable bonds is 8. The first-order valence-corrected chi connectivity index (χ1v) is 9.20. The van der Waals surface area contributed by atoms with Crippen LogP contribution in [0, 0.1) is 11.8 Å². The van der Waals surface area contributed by atoms with Crippen molar-refractivity contribution in [3.05, 3.63) is 42.5 Å². The molecule has 2 aromatic rings. The highest BCUT2D eigenvalue weighted by Gasteiger charge is 2.16. The Balaban J connectivity index is 2.03. The summed E-state index contributed by atoms with van der Waals surface area (Å²) in [7, 11) is 0. The van der Waals surface area contributed by atoms with Gasteiger partial charge in [0.15, 0.2) is 5.82 Å². The summed E-state index contributed by atoms with van der Waals surface area (Å²) in [5.74, 6) is 1.31. The average Bonchev–Trinajstić information content (AvgIpc) is 2.67. The Morgan fingerprint density at radius 3 is 2.52 bits per heavy atom. The third-order valence-corrected chi connectivity index (χ3v) is 4.48. The number of pyridine rings is 1. The van der Waals surface area contributed by atoms with E-state index in [0.29, 0.717) is 23.9 Å². The molecule has 1 amide bonds. The van der Waals surface area contributed by atoms with E-state index in [2.05, 4.69) is 41.3 Å². The molecule has 144 valence electrons. The number of nitrogens with zero attached hydrogens (tertiary/aromatic N) is 3. The van der Waals surface area contributed by atoms with Crippen LogP contribution in [0.2, 0.25) is 0 Å². The standard InChI is InChI=1S/C20H27N5O2/c1-4-15(5-2)14(3)13-27-20(26)23-19-17(11-12-18(21)22-19)25-24-16-9-7-6-8-10-16/h6-12,14-15H,4-5,13H2,1-3H3,(H3,21,22,23,26). The first-order chi connectivity index (χ1) is 13.0.